The number of ether oxygens (including phenoxy) is 1. The van der Waals surface area contributed by atoms with Gasteiger partial charge in [-0.05, 0) is 50.2 Å². The number of methoxy groups -OCH3 is 1. The van der Waals surface area contributed by atoms with Crippen LogP contribution in [-0.4, -0.2) is 40.1 Å². The average Bonchev–Trinajstić information content (AvgIpc) is 3.21. The molecule has 0 spiro atoms. The number of para-hydroxylation sites is 1. The van der Waals surface area contributed by atoms with Crippen LogP contribution in [0.5, 0.6) is 5.75 Å². The van der Waals surface area contributed by atoms with E-state index in [1.807, 2.05) is 54.6 Å². The molecule has 0 aliphatic heterocycles. The van der Waals surface area contributed by atoms with Crippen molar-refractivity contribution in [2.75, 3.05) is 24.3 Å². The second-order valence-corrected chi connectivity index (χ2v) is 7.86. The van der Waals surface area contributed by atoms with Gasteiger partial charge in [0.25, 0.3) is 0 Å². The first-order valence-corrected chi connectivity index (χ1v) is 10.7. The van der Waals surface area contributed by atoms with Crippen molar-refractivity contribution in [2.24, 2.45) is 0 Å². The summed E-state index contributed by atoms with van der Waals surface area (Å²) in [6.07, 6.45) is 1.73. The van der Waals surface area contributed by atoms with Gasteiger partial charge in [0, 0.05) is 23.8 Å². The minimum absolute atomic E-state index is 0.00426. The van der Waals surface area contributed by atoms with Crippen LogP contribution in [0.1, 0.15) is 19.9 Å². The molecule has 3 rings (SSSR count). The van der Waals surface area contributed by atoms with Gasteiger partial charge in [0.1, 0.15) is 5.75 Å². The molecular formula is C23H26N4O2S. The van der Waals surface area contributed by atoms with E-state index in [0.29, 0.717) is 6.54 Å². The number of amides is 1. The molecule has 3 aromatic rings. The van der Waals surface area contributed by atoms with Crippen LogP contribution in [0.2, 0.25) is 0 Å². The molecule has 0 atom stereocenters. The molecular weight excluding hydrogens is 396 g/mol. The number of carbonyl (C=O) groups excluding carboxylic acids is 1. The predicted molar refractivity (Wildman–Crippen MR) is 122 cm³/mol. The zero-order valence-electron chi connectivity index (χ0n) is 17.5. The summed E-state index contributed by atoms with van der Waals surface area (Å²) in [6, 6.07) is 17.5. The minimum Gasteiger partial charge on any atom is -0.497 e. The van der Waals surface area contributed by atoms with Crippen molar-refractivity contribution in [3.8, 4) is 17.1 Å². The van der Waals surface area contributed by atoms with E-state index in [-0.39, 0.29) is 17.7 Å². The molecule has 7 heteroatoms. The van der Waals surface area contributed by atoms with Crippen LogP contribution in [0.25, 0.3) is 11.4 Å². The highest BCUT2D eigenvalue weighted by molar-refractivity contribution is 7.99. The summed E-state index contributed by atoms with van der Waals surface area (Å²) in [5, 5.41) is 9.47. The number of nitrogens with zero attached hydrogens (tertiary/aromatic N) is 4. The number of carbonyl (C=O) groups is 1. The van der Waals surface area contributed by atoms with Crippen LogP contribution < -0.4 is 9.64 Å². The highest BCUT2D eigenvalue weighted by Gasteiger charge is 2.20. The molecule has 0 bridgehead atoms. The molecule has 30 heavy (non-hydrogen) atoms. The zero-order chi connectivity index (χ0) is 21.5. The average molecular weight is 423 g/mol. The molecule has 1 aromatic heterocycles. The van der Waals surface area contributed by atoms with Crippen molar-refractivity contribution in [1.29, 1.82) is 0 Å². The molecule has 0 aliphatic rings. The zero-order valence-corrected chi connectivity index (χ0v) is 18.3. The summed E-state index contributed by atoms with van der Waals surface area (Å²) in [4.78, 5) is 14.6. The maximum Gasteiger partial charge on any atom is 0.237 e. The van der Waals surface area contributed by atoms with Gasteiger partial charge in [-0.2, -0.15) is 0 Å². The quantitative estimate of drug-likeness (QED) is 0.365. The minimum atomic E-state index is -0.00426. The van der Waals surface area contributed by atoms with Gasteiger partial charge in [0.15, 0.2) is 11.0 Å². The Balaban J connectivity index is 1.80. The number of thioether (sulfide) groups is 1. The smallest absolute Gasteiger partial charge is 0.237 e. The summed E-state index contributed by atoms with van der Waals surface area (Å²) < 4.78 is 7.29. The summed E-state index contributed by atoms with van der Waals surface area (Å²) >= 11 is 1.39. The molecule has 1 heterocycles. The Morgan fingerprint density at radius 3 is 2.47 bits per heavy atom. The number of hydrogen-bond acceptors (Lipinski definition) is 5. The van der Waals surface area contributed by atoms with Crippen LogP contribution >= 0.6 is 11.8 Å². The normalized spacial score (nSPS) is 10.8. The largest absolute Gasteiger partial charge is 0.497 e. The third kappa shape index (κ3) is 4.91. The fourth-order valence-corrected chi connectivity index (χ4v) is 4.01. The topological polar surface area (TPSA) is 60.3 Å². The second kappa shape index (κ2) is 10.1. The highest BCUT2D eigenvalue weighted by Crippen LogP contribution is 2.29. The molecule has 0 N–H and O–H groups in total. The van der Waals surface area contributed by atoms with E-state index in [4.69, 9.17) is 4.74 Å². The van der Waals surface area contributed by atoms with Crippen LogP contribution in [-0.2, 0) is 4.79 Å². The van der Waals surface area contributed by atoms with Crippen molar-refractivity contribution in [1.82, 2.24) is 14.8 Å². The number of anilines is 1. The molecule has 0 fully saturated rings. The first-order valence-electron chi connectivity index (χ1n) is 9.73. The lowest BCUT2D eigenvalue weighted by atomic mass is 10.2. The molecule has 6 nitrogen and oxygen atoms in total. The van der Waals surface area contributed by atoms with Gasteiger partial charge in [-0.1, -0.05) is 36.0 Å². The summed E-state index contributed by atoms with van der Waals surface area (Å²) in [6.45, 7) is 8.39. The summed E-state index contributed by atoms with van der Waals surface area (Å²) in [5.74, 6) is 1.82. The van der Waals surface area contributed by atoms with Crippen molar-refractivity contribution in [3.05, 3.63) is 67.3 Å². The van der Waals surface area contributed by atoms with Gasteiger partial charge in [-0.3, -0.25) is 9.36 Å². The lowest BCUT2D eigenvalue weighted by Gasteiger charge is -2.21. The lowest BCUT2D eigenvalue weighted by Crippen LogP contribution is -2.32. The highest BCUT2D eigenvalue weighted by atomic mass is 32.2. The first kappa shape index (κ1) is 21.6. The fourth-order valence-electron chi connectivity index (χ4n) is 3.07. The van der Waals surface area contributed by atoms with Crippen molar-refractivity contribution in [2.45, 2.75) is 25.0 Å². The maximum atomic E-state index is 12.9. The number of benzene rings is 2. The SMILES string of the molecule is C=CCN(C(=O)CSc1nnc(-c2ccc(OC)cc2)n1C(C)C)c1ccccc1. The van der Waals surface area contributed by atoms with Crippen LogP contribution in [0.4, 0.5) is 5.69 Å². The summed E-state index contributed by atoms with van der Waals surface area (Å²) in [5.41, 5.74) is 1.81. The van der Waals surface area contributed by atoms with E-state index in [1.165, 1.54) is 11.8 Å². The molecule has 0 unspecified atom stereocenters. The Morgan fingerprint density at radius 2 is 1.87 bits per heavy atom. The number of aromatic nitrogens is 3. The Labute approximate surface area is 181 Å². The first-order chi connectivity index (χ1) is 14.5. The molecule has 156 valence electrons. The van der Waals surface area contributed by atoms with Gasteiger partial charge in [-0.15, -0.1) is 16.8 Å². The van der Waals surface area contributed by atoms with Crippen LogP contribution in [0.3, 0.4) is 0 Å². The van der Waals surface area contributed by atoms with E-state index in [1.54, 1.807) is 18.1 Å². The predicted octanol–water partition coefficient (Wildman–Crippen LogP) is 4.85. The van der Waals surface area contributed by atoms with E-state index in [9.17, 15) is 4.79 Å². The Morgan fingerprint density at radius 1 is 1.17 bits per heavy atom. The van der Waals surface area contributed by atoms with E-state index >= 15 is 0 Å². The van der Waals surface area contributed by atoms with Gasteiger partial charge in [0.2, 0.25) is 5.91 Å². The molecule has 0 aliphatic carbocycles. The Bertz CT molecular complexity index is 984. The van der Waals surface area contributed by atoms with Gasteiger partial charge in [-0.25, -0.2) is 0 Å². The van der Waals surface area contributed by atoms with E-state index < -0.39 is 0 Å². The Kier molecular flexibility index (Phi) is 7.30. The molecule has 0 radical (unpaired) electrons. The fraction of sp³-hybridized carbons (Fsp3) is 0.261. The van der Waals surface area contributed by atoms with Gasteiger partial charge < -0.3 is 9.64 Å². The monoisotopic (exact) mass is 422 g/mol. The van der Waals surface area contributed by atoms with E-state index in [2.05, 4.69) is 35.2 Å². The van der Waals surface area contributed by atoms with Crippen LogP contribution in [0.15, 0.2) is 72.4 Å². The number of hydrogen-bond donors (Lipinski definition) is 0. The maximum absolute atomic E-state index is 12.9. The van der Waals surface area contributed by atoms with Crippen molar-refractivity contribution in [3.63, 3.8) is 0 Å². The van der Waals surface area contributed by atoms with Gasteiger partial charge in [0.05, 0.1) is 12.9 Å². The van der Waals surface area contributed by atoms with Crippen molar-refractivity contribution < 1.29 is 9.53 Å². The lowest BCUT2D eigenvalue weighted by molar-refractivity contribution is -0.116. The van der Waals surface area contributed by atoms with Gasteiger partial charge >= 0.3 is 0 Å². The molecule has 2 aromatic carbocycles. The molecule has 0 saturated carbocycles. The second-order valence-electron chi connectivity index (χ2n) is 6.92. The summed E-state index contributed by atoms with van der Waals surface area (Å²) in [7, 11) is 1.64. The Hall–Kier alpha value is -3.06. The molecule has 0 saturated heterocycles. The standard InChI is InChI=1S/C23H26N4O2S/c1-5-15-26(19-9-7-6-8-10-19)21(28)16-30-23-25-24-22(27(23)17(2)3)18-11-13-20(29-4)14-12-18/h5-14,17H,1,15-16H2,2-4H3. The van der Waals surface area contributed by atoms with Crippen molar-refractivity contribution >= 4 is 23.4 Å². The van der Waals surface area contributed by atoms with E-state index in [0.717, 1.165) is 28.0 Å². The number of rotatable bonds is 9. The third-order valence-electron chi connectivity index (χ3n) is 4.53. The third-order valence-corrected chi connectivity index (χ3v) is 5.46. The molecule has 1 amide bonds. The van der Waals surface area contributed by atoms with Crippen LogP contribution in [0, 0.1) is 0 Å².